The van der Waals surface area contributed by atoms with E-state index >= 15 is 0 Å². The van der Waals surface area contributed by atoms with Gasteiger partial charge in [0.05, 0.1) is 12.1 Å². The van der Waals surface area contributed by atoms with Gasteiger partial charge in [0.25, 0.3) is 0 Å². The molecule has 0 bridgehead atoms. The average molecular weight is 580 g/mol. The molecule has 0 aliphatic carbocycles. The van der Waals surface area contributed by atoms with Crippen molar-refractivity contribution in [2.75, 3.05) is 12.3 Å². The van der Waals surface area contributed by atoms with Crippen LogP contribution in [0.5, 0.6) is 0 Å². The maximum Gasteiger partial charge on any atom is 0.359 e. The number of unbranched alkanes of at least 4 members (excludes halogenated alkanes) is 1. The number of carbonyl (C=O) groups excluding carboxylic acids is 3. The van der Waals surface area contributed by atoms with Gasteiger partial charge in [0.2, 0.25) is 11.8 Å². The van der Waals surface area contributed by atoms with Gasteiger partial charge in [0.1, 0.15) is 17.3 Å². The predicted octanol–water partition coefficient (Wildman–Crippen LogP) is 1.48. The number of hydrogen-bond acceptors (Lipinski definition) is 10. The minimum Gasteiger partial charge on any atom is -0.481 e. The van der Waals surface area contributed by atoms with E-state index in [1.54, 1.807) is 37.3 Å². The predicted molar refractivity (Wildman–Crippen MR) is 157 cm³/mol. The standard InChI is InChI=1S/C30H37N5O7/c1-17-20-11-10-19(16-24(20)42-30(41)26(17)34)27(38)23(9-5-6-14-31)35(28(39)21(32)12-13-25(36)37)29(40)22(33)15-18-7-3-2-4-8-18/h2-4,7-8,10-11,16,21-23H,5-6,9,12-15,31-34H2,1H3,(H,36,37). The van der Waals surface area contributed by atoms with Gasteiger partial charge in [-0.1, -0.05) is 42.5 Å². The summed E-state index contributed by atoms with van der Waals surface area (Å²) >= 11 is 0. The van der Waals surface area contributed by atoms with Gasteiger partial charge in [-0.05, 0) is 62.8 Å². The fourth-order valence-electron chi connectivity index (χ4n) is 4.71. The molecule has 2 amide bonds. The Morgan fingerprint density at radius 2 is 1.62 bits per heavy atom. The van der Waals surface area contributed by atoms with Crippen LogP contribution in [0.3, 0.4) is 0 Å². The first-order valence-corrected chi connectivity index (χ1v) is 13.7. The molecule has 42 heavy (non-hydrogen) atoms. The Hall–Kier alpha value is -4.39. The van der Waals surface area contributed by atoms with Crippen LogP contribution in [0.1, 0.15) is 53.6 Å². The number of anilines is 1. The Morgan fingerprint density at radius 1 is 0.952 bits per heavy atom. The molecular weight excluding hydrogens is 542 g/mol. The summed E-state index contributed by atoms with van der Waals surface area (Å²) in [5.74, 6) is -3.50. The van der Waals surface area contributed by atoms with Crippen LogP contribution >= 0.6 is 0 Å². The molecule has 0 saturated heterocycles. The monoisotopic (exact) mass is 579 g/mol. The largest absolute Gasteiger partial charge is 0.481 e. The highest BCUT2D eigenvalue weighted by molar-refractivity contribution is 6.09. The number of hydrogen-bond donors (Lipinski definition) is 5. The number of benzene rings is 2. The van der Waals surface area contributed by atoms with Crippen molar-refractivity contribution in [2.45, 2.75) is 63.6 Å². The van der Waals surface area contributed by atoms with E-state index in [2.05, 4.69) is 0 Å². The van der Waals surface area contributed by atoms with Crippen LogP contribution in [-0.4, -0.2) is 58.2 Å². The Balaban J connectivity index is 2.07. The van der Waals surface area contributed by atoms with Gasteiger partial charge in [-0.15, -0.1) is 0 Å². The Morgan fingerprint density at radius 3 is 2.26 bits per heavy atom. The van der Waals surface area contributed by atoms with Gasteiger partial charge < -0.3 is 32.5 Å². The summed E-state index contributed by atoms with van der Waals surface area (Å²) in [4.78, 5) is 65.7. The van der Waals surface area contributed by atoms with Gasteiger partial charge in [-0.2, -0.15) is 0 Å². The summed E-state index contributed by atoms with van der Waals surface area (Å²) in [6, 6.07) is 9.45. The molecule has 3 unspecified atom stereocenters. The molecule has 224 valence electrons. The number of ketones is 1. The number of nitrogens with zero attached hydrogens (tertiary/aromatic N) is 1. The van der Waals surface area contributed by atoms with E-state index in [0.717, 1.165) is 10.5 Å². The second-order valence-electron chi connectivity index (χ2n) is 10.2. The highest BCUT2D eigenvalue weighted by Crippen LogP contribution is 2.25. The summed E-state index contributed by atoms with van der Waals surface area (Å²) in [6.07, 6.45) is 0.368. The number of aryl methyl sites for hydroxylation is 1. The van der Waals surface area contributed by atoms with E-state index in [0.29, 0.717) is 30.3 Å². The molecule has 0 aliphatic heterocycles. The molecule has 9 N–H and O–H groups in total. The van der Waals surface area contributed by atoms with Crippen molar-refractivity contribution in [3.05, 3.63) is 75.6 Å². The third kappa shape index (κ3) is 7.66. The zero-order valence-corrected chi connectivity index (χ0v) is 23.5. The van der Waals surface area contributed by atoms with Crippen molar-refractivity contribution in [2.24, 2.45) is 17.2 Å². The van der Waals surface area contributed by atoms with Gasteiger partial charge in [-0.3, -0.25) is 24.1 Å². The number of nitrogen functional groups attached to an aromatic ring is 1. The minimum atomic E-state index is -1.38. The zero-order valence-electron chi connectivity index (χ0n) is 23.5. The SMILES string of the molecule is Cc1c(N)c(=O)oc2cc(C(=O)C(CCCCN)N(C(=O)C(N)CCC(=O)O)C(=O)C(N)Cc3ccccc3)ccc12. The summed E-state index contributed by atoms with van der Waals surface area (Å²) in [5.41, 5.74) is 24.4. The Bertz CT molecular complexity index is 1510. The number of Topliss-reactive ketones (excluding diaryl/α,β-unsaturated/α-hetero) is 1. The van der Waals surface area contributed by atoms with E-state index in [1.807, 2.05) is 6.07 Å². The van der Waals surface area contributed by atoms with Crippen molar-refractivity contribution < 1.29 is 28.7 Å². The normalized spacial score (nSPS) is 13.3. The molecule has 0 fully saturated rings. The Kier molecular flexibility index (Phi) is 11.1. The first-order chi connectivity index (χ1) is 20.0. The molecule has 3 rings (SSSR count). The number of nitrogens with two attached hydrogens (primary N) is 4. The Labute approximate surface area is 242 Å². The highest BCUT2D eigenvalue weighted by Gasteiger charge is 2.39. The van der Waals surface area contributed by atoms with Gasteiger partial charge in [0.15, 0.2) is 5.78 Å². The number of imide groups is 1. The molecular formula is C30H37N5O7. The molecule has 3 atom stereocenters. The van der Waals surface area contributed by atoms with Crippen molar-refractivity contribution in [1.82, 2.24) is 4.90 Å². The van der Waals surface area contributed by atoms with Crippen LogP contribution in [0.2, 0.25) is 0 Å². The van der Waals surface area contributed by atoms with Crippen LogP contribution < -0.4 is 28.6 Å². The van der Waals surface area contributed by atoms with Crippen molar-refractivity contribution in [1.29, 1.82) is 0 Å². The molecule has 12 heteroatoms. The molecule has 12 nitrogen and oxygen atoms in total. The second kappa shape index (κ2) is 14.5. The molecule has 0 saturated carbocycles. The fraction of sp³-hybridized carbons (Fsp3) is 0.367. The zero-order chi connectivity index (χ0) is 31.0. The van der Waals surface area contributed by atoms with Gasteiger partial charge >= 0.3 is 11.6 Å². The molecule has 0 aliphatic rings. The van der Waals surface area contributed by atoms with Crippen LogP contribution in [0, 0.1) is 6.92 Å². The molecule has 3 aromatic rings. The summed E-state index contributed by atoms with van der Waals surface area (Å²) in [7, 11) is 0. The smallest absolute Gasteiger partial charge is 0.359 e. The lowest BCUT2D eigenvalue weighted by Gasteiger charge is -2.33. The van der Waals surface area contributed by atoms with Crippen LogP contribution in [0.15, 0.2) is 57.7 Å². The molecule has 0 radical (unpaired) electrons. The van der Waals surface area contributed by atoms with E-state index < -0.39 is 53.7 Å². The summed E-state index contributed by atoms with van der Waals surface area (Å²) in [6.45, 7) is 1.97. The molecule has 1 heterocycles. The summed E-state index contributed by atoms with van der Waals surface area (Å²) < 4.78 is 5.30. The highest BCUT2D eigenvalue weighted by atomic mass is 16.4. The average Bonchev–Trinajstić information content (AvgIpc) is 2.97. The van der Waals surface area contributed by atoms with Crippen molar-refractivity contribution >= 4 is 40.2 Å². The van der Waals surface area contributed by atoms with Gasteiger partial charge in [0, 0.05) is 17.4 Å². The number of carboxylic acids is 1. The number of carboxylic acid groups (broad SMARTS) is 1. The van der Waals surface area contributed by atoms with E-state index in [1.165, 1.54) is 12.1 Å². The van der Waals surface area contributed by atoms with E-state index in [-0.39, 0.29) is 36.1 Å². The minimum absolute atomic E-state index is 0.0497. The lowest BCUT2D eigenvalue weighted by molar-refractivity contribution is -0.148. The van der Waals surface area contributed by atoms with Crippen molar-refractivity contribution in [3.8, 4) is 0 Å². The fourth-order valence-corrected chi connectivity index (χ4v) is 4.71. The maximum atomic E-state index is 14.0. The number of rotatable bonds is 14. The van der Waals surface area contributed by atoms with Crippen LogP contribution in [0.25, 0.3) is 11.0 Å². The molecule has 0 spiro atoms. The lowest BCUT2D eigenvalue weighted by Crippen LogP contribution is -2.58. The summed E-state index contributed by atoms with van der Waals surface area (Å²) in [5, 5.41) is 9.63. The van der Waals surface area contributed by atoms with Crippen LogP contribution in [0.4, 0.5) is 5.69 Å². The van der Waals surface area contributed by atoms with Crippen LogP contribution in [-0.2, 0) is 20.8 Å². The quantitative estimate of drug-likeness (QED) is 0.104. The third-order valence-corrected chi connectivity index (χ3v) is 7.12. The molecule has 2 aromatic carbocycles. The third-order valence-electron chi connectivity index (χ3n) is 7.12. The lowest BCUT2D eigenvalue weighted by atomic mass is 9.94. The van der Waals surface area contributed by atoms with Gasteiger partial charge in [-0.25, -0.2) is 4.79 Å². The first kappa shape index (κ1) is 32.1. The van der Waals surface area contributed by atoms with Crippen molar-refractivity contribution in [3.63, 3.8) is 0 Å². The van der Waals surface area contributed by atoms with E-state index in [9.17, 15) is 24.0 Å². The number of amides is 2. The van der Waals surface area contributed by atoms with E-state index in [4.69, 9.17) is 32.5 Å². The molecule has 1 aromatic heterocycles. The number of carbonyl (C=O) groups is 4. The first-order valence-electron chi connectivity index (χ1n) is 13.7. The topological polar surface area (TPSA) is 226 Å². The maximum absolute atomic E-state index is 14.0. The second-order valence-corrected chi connectivity index (χ2v) is 10.2. The number of aliphatic carboxylic acids is 1. The number of fused-ring (bicyclic) bond motifs is 1.